The number of rotatable bonds is 2. The smallest absolute Gasteiger partial charge is 0.151 e. The average molecular weight is 196 g/mol. The Hall–Kier alpha value is -0.370. The third-order valence-electron chi connectivity index (χ3n) is 4.44. The van der Waals surface area contributed by atoms with Crippen molar-refractivity contribution in [1.82, 2.24) is 0 Å². The molecular formula is C12H20O2. The summed E-state index contributed by atoms with van der Waals surface area (Å²) in [6, 6.07) is 0. The first-order valence-electron chi connectivity index (χ1n) is 5.76. The first-order chi connectivity index (χ1) is 6.74. The van der Waals surface area contributed by atoms with Crippen molar-refractivity contribution >= 4 is 6.29 Å². The zero-order valence-corrected chi connectivity index (χ0v) is 9.05. The predicted octanol–water partition coefficient (Wildman–Crippen LogP) is 2.70. The highest BCUT2D eigenvalue weighted by Crippen LogP contribution is 2.51. The second kappa shape index (κ2) is 3.65. The number of aldehydes is 1. The summed E-state index contributed by atoms with van der Waals surface area (Å²) in [4.78, 5) is 11.0. The van der Waals surface area contributed by atoms with Crippen LogP contribution in [0, 0.1) is 5.41 Å². The van der Waals surface area contributed by atoms with Gasteiger partial charge in [-0.1, -0.05) is 12.8 Å². The topological polar surface area (TPSA) is 26.3 Å². The van der Waals surface area contributed by atoms with Crippen LogP contribution in [0.5, 0.6) is 0 Å². The van der Waals surface area contributed by atoms with Crippen LogP contribution in [0.4, 0.5) is 0 Å². The molecule has 0 aromatic rings. The van der Waals surface area contributed by atoms with Crippen molar-refractivity contribution in [2.24, 2.45) is 5.41 Å². The van der Waals surface area contributed by atoms with Gasteiger partial charge in [-0.15, -0.1) is 0 Å². The molecule has 0 amide bonds. The molecule has 0 unspecified atom stereocenters. The van der Waals surface area contributed by atoms with E-state index in [9.17, 15) is 4.79 Å². The van der Waals surface area contributed by atoms with E-state index in [2.05, 4.69) is 0 Å². The molecule has 2 nitrogen and oxygen atoms in total. The van der Waals surface area contributed by atoms with Crippen molar-refractivity contribution in [3.63, 3.8) is 0 Å². The van der Waals surface area contributed by atoms with Gasteiger partial charge in [0.15, 0.2) is 6.29 Å². The van der Waals surface area contributed by atoms with Gasteiger partial charge in [0.05, 0.1) is 0 Å². The van der Waals surface area contributed by atoms with Gasteiger partial charge in [0, 0.05) is 7.11 Å². The molecule has 0 aromatic heterocycles. The number of hydrogen-bond donors (Lipinski definition) is 0. The van der Waals surface area contributed by atoms with Crippen molar-refractivity contribution in [3.05, 3.63) is 0 Å². The molecule has 2 rings (SSSR count). The van der Waals surface area contributed by atoms with Gasteiger partial charge >= 0.3 is 0 Å². The van der Waals surface area contributed by atoms with Crippen LogP contribution in [0.2, 0.25) is 0 Å². The molecule has 0 radical (unpaired) electrons. The monoisotopic (exact) mass is 196 g/mol. The van der Waals surface area contributed by atoms with Crippen LogP contribution in [0.15, 0.2) is 0 Å². The highest BCUT2D eigenvalue weighted by atomic mass is 16.5. The summed E-state index contributed by atoms with van der Waals surface area (Å²) in [5.74, 6) is 0. The highest BCUT2D eigenvalue weighted by Gasteiger charge is 2.43. The molecule has 0 aliphatic heterocycles. The average Bonchev–Trinajstić information content (AvgIpc) is 2.69. The van der Waals surface area contributed by atoms with Crippen LogP contribution in [0.25, 0.3) is 0 Å². The normalized spacial score (nSPS) is 29.2. The van der Waals surface area contributed by atoms with Crippen LogP contribution in [-0.4, -0.2) is 19.0 Å². The lowest BCUT2D eigenvalue weighted by Gasteiger charge is -2.41. The molecule has 2 aliphatic carbocycles. The minimum absolute atomic E-state index is 0.437. The molecule has 14 heavy (non-hydrogen) atoms. The van der Waals surface area contributed by atoms with Crippen LogP contribution in [0.1, 0.15) is 51.4 Å². The Morgan fingerprint density at radius 2 is 1.57 bits per heavy atom. The van der Waals surface area contributed by atoms with Gasteiger partial charge in [-0.2, -0.15) is 0 Å². The van der Waals surface area contributed by atoms with Crippen molar-refractivity contribution in [2.75, 3.05) is 7.11 Å². The minimum Gasteiger partial charge on any atom is -0.371 e. The van der Waals surface area contributed by atoms with Gasteiger partial charge in [0.25, 0.3) is 0 Å². The zero-order valence-electron chi connectivity index (χ0n) is 9.05. The van der Waals surface area contributed by atoms with Gasteiger partial charge < -0.3 is 9.53 Å². The maximum absolute atomic E-state index is 11.0. The lowest BCUT2D eigenvalue weighted by atomic mass is 9.68. The van der Waals surface area contributed by atoms with E-state index in [1.165, 1.54) is 38.5 Å². The second-order valence-electron chi connectivity index (χ2n) is 5.09. The first kappa shape index (κ1) is 10.2. The molecule has 0 bridgehead atoms. The van der Waals surface area contributed by atoms with E-state index in [1.807, 2.05) is 0 Å². The minimum atomic E-state index is -0.437. The fraction of sp³-hybridized carbons (Fsp3) is 0.917. The summed E-state index contributed by atoms with van der Waals surface area (Å²) >= 11 is 0. The van der Waals surface area contributed by atoms with Crippen LogP contribution in [0.3, 0.4) is 0 Å². The standard InChI is InChI=1S/C12H20O2/c1-14-12(10-13)8-6-11(7-9-12)4-2-3-5-11/h10H,2-9H2,1H3. The van der Waals surface area contributed by atoms with E-state index in [1.54, 1.807) is 7.11 Å². The highest BCUT2D eigenvalue weighted by molar-refractivity contribution is 5.62. The summed E-state index contributed by atoms with van der Waals surface area (Å²) in [7, 11) is 1.67. The van der Waals surface area contributed by atoms with Gasteiger partial charge in [0.1, 0.15) is 5.60 Å². The van der Waals surface area contributed by atoms with Crippen LogP contribution in [-0.2, 0) is 9.53 Å². The Morgan fingerprint density at radius 3 is 2.00 bits per heavy atom. The van der Waals surface area contributed by atoms with E-state index in [0.29, 0.717) is 5.41 Å². The van der Waals surface area contributed by atoms with E-state index >= 15 is 0 Å². The van der Waals surface area contributed by atoms with Gasteiger partial charge in [-0.3, -0.25) is 0 Å². The second-order valence-corrected chi connectivity index (χ2v) is 5.09. The molecule has 0 N–H and O–H groups in total. The fourth-order valence-corrected chi connectivity index (χ4v) is 3.20. The molecule has 80 valence electrons. The van der Waals surface area contributed by atoms with E-state index in [-0.39, 0.29) is 0 Å². The van der Waals surface area contributed by atoms with Crippen molar-refractivity contribution in [2.45, 2.75) is 57.0 Å². The van der Waals surface area contributed by atoms with Gasteiger partial charge in [-0.05, 0) is 43.9 Å². The Bertz CT molecular complexity index is 206. The largest absolute Gasteiger partial charge is 0.371 e. The Labute approximate surface area is 86.0 Å². The molecule has 2 aliphatic rings. The van der Waals surface area contributed by atoms with E-state index in [0.717, 1.165) is 19.1 Å². The number of methoxy groups -OCH3 is 1. The number of ether oxygens (including phenoxy) is 1. The third-order valence-corrected chi connectivity index (χ3v) is 4.44. The fourth-order valence-electron chi connectivity index (χ4n) is 3.20. The third kappa shape index (κ3) is 1.60. The SMILES string of the molecule is COC1(C=O)CCC2(CCCC2)CC1. The summed E-state index contributed by atoms with van der Waals surface area (Å²) in [6.45, 7) is 0. The summed E-state index contributed by atoms with van der Waals surface area (Å²) < 4.78 is 5.36. The molecule has 0 aromatic carbocycles. The predicted molar refractivity (Wildman–Crippen MR) is 55.2 cm³/mol. The van der Waals surface area contributed by atoms with Gasteiger partial charge in [0.2, 0.25) is 0 Å². The van der Waals surface area contributed by atoms with Crippen LogP contribution >= 0.6 is 0 Å². The van der Waals surface area contributed by atoms with E-state index in [4.69, 9.17) is 4.74 Å². The number of carbonyl (C=O) groups excluding carboxylic acids is 1. The Kier molecular flexibility index (Phi) is 2.65. The summed E-state index contributed by atoms with van der Waals surface area (Å²) in [5, 5.41) is 0. The number of hydrogen-bond acceptors (Lipinski definition) is 2. The molecule has 2 saturated carbocycles. The molecule has 0 saturated heterocycles. The first-order valence-corrected chi connectivity index (χ1v) is 5.76. The molecule has 1 spiro atoms. The lowest BCUT2D eigenvalue weighted by Crippen LogP contribution is -2.41. The van der Waals surface area contributed by atoms with Crippen LogP contribution < -0.4 is 0 Å². The van der Waals surface area contributed by atoms with Gasteiger partial charge in [-0.25, -0.2) is 0 Å². The maximum Gasteiger partial charge on any atom is 0.151 e. The lowest BCUT2D eigenvalue weighted by molar-refractivity contribution is -0.134. The zero-order chi connectivity index (χ0) is 10.1. The number of carbonyl (C=O) groups is 1. The maximum atomic E-state index is 11.0. The molecule has 2 fully saturated rings. The van der Waals surface area contributed by atoms with Crippen molar-refractivity contribution in [3.8, 4) is 0 Å². The Morgan fingerprint density at radius 1 is 1.00 bits per heavy atom. The molecule has 0 atom stereocenters. The summed E-state index contributed by atoms with van der Waals surface area (Å²) in [5.41, 5.74) is 0.152. The molecule has 2 heteroatoms. The van der Waals surface area contributed by atoms with Crippen molar-refractivity contribution < 1.29 is 9.53 Å². The molecular weight excluding hydrogens is 176 g/mol. The molecule has 0 heterocycles. The van der Waals surface area contributed by atoms with E-state index < -0.39 is 5.60 Å². The quantitative estimate of drug-likeness (QED) is 0.635. The van der Waals surface area contributed by atoms with Crippen molar-refractivity contribution in [1.29, 1.82) is 0 Å². The Balaban J connectivity index is 2.00. The summed E-state index contributed by atoms with van der Waals surface area (Å²) in [6.07, 6.45) is 10.8.